The molecule has 4 fully saturated rings. The lowest BCUT2D eigenvalue weighted by molar-refractivity contribution is -0.136. The average Bonchev–Trinajstić information content (AvgIpc) is 3.46. The summed E-state index contributed by atoms with van der Waals surface area (Å²) in [6, 6.07) is 15.5. The molecule has 1 aromatic heterocycles. The van der Waals surface area contributed by atoms with Crippen LogP contribution in [0.15, 0.2) is 48.5 Å². The van der Waals surface area contributed by atoms with E-state index in [0.717, 1.165) is 87.7 Å². The number of anilines is 2. The topological polar surface area (TPSA) is 181 Å². The second-order valence-electron chi connectivity index (χ2n) is 16.5. The second-order valence-corrected chi connectivity index (χ2v) is 16.9. The number of piperazine rings is 1. The van der Waals surface area contributed by atoms with E-state index in [0.29, 0.717) is 33.5 Å². The highest BCUT2D eigenvalue weighted by atomic mass is 35.5. The number of amides is 5. The highest BCUT2D eigenvalue weighted by Crippen LogP contribution is 2.34. The van der Waals surface area contributed by atoms with Crippen LogP contribution in [0, 0.1) is 17.2 Å². The van der Waals surface area contributed by atoms with Gasteiger partial charge in [-0.3, -0.25) is 39.1 Å². The number of piperidine rings is 2. The third-order valence-electron chi connectivity index (χ3n) is 12.4. The van der Waals surface area contributed by atoms with Crippen molar-refractivity contribution in [3.63, 3.8) is 0 Å². The molecule has 3 unspecified atom stereocenters. The van der Waals surface area contributed by atoms with Gasteiger partial charge in [0.1, 0.15) is 17.9 Å². The van der Waals surface area contributed by atoms with E-state index in [1.807, 2.05) is 12.1 Å². The van der Waals surface area contributed by atoms with Gasteiger partial charge in [0.15, 0.2) is 11.5 Å². The molecule has 8 rings (SSSR count). The maximum absolute atomic E-state index is 13.5. The fourth-order valence-electron chi connectivity index (χ4n) is 9.47. The summed E-state index contributed by atoms with van der Waals surface area (Å²) in [6.07, 6.45) is 5.39. The minimum absolute atomic E-state index is 0.0156. The van der Waals surface area contributed by atoms with Crippen LogP contribution in [0.1, 0.15) is 102 Å². The van der Waals surface area contributed by atoms with Crippen molar-refractivity contribution in [3.05, 3.63) is 75.9 Å². The molecule has 3 atom stereocenters. The van der Waals surface area contributed by atoms with Crippen molar-refractivity contribution < 1.29 is 28.7 Å². The van der Waals surface area contributed by atoms with Crippen LogP contribution in [-0.4, -0.2) is 113 Å². The van der Waals surface area contributed by atoms with E-state index in [1.165, 1.54) is 0 Å². The van der Waals surface area contributed by atoms with Crippen molar-refractivity contribution in [2.75, 3.05) is 42.5 Å². The Morgan fingerprint density at radius 2 is 1.63 bits per heavy atom. The molecule has 2 N–H and O–H groups in total. The lowest BCUT2D eigenvalue weighted by Gasteiger charge is -2.47. The first-order chi connectivity index (χ1) is 28.4. The molecule has 4 aliphatic heterocycles. The van der Waals surface area contributed by atoms with Gasteiger partial charge in [-0.1, -0.05) is 11.6 Å². The molecule has 0 bridgehead atoms. The van der Waals surface area contributed by atoms with E-state index in [1.54, 1.807) is 36.4 Å². The number of hydrogen-bond acceptors (Lipinski definition) is 12. The largest absolute Gasteiger partial charge is 0.490 e. The second kappa shape index (κ2) is 16.9. The standard InChI is InChI=1S/C43H48ClN9O6/c1-25-22-50(23-26(2)52(25)30-6-10-33-34(19-30)43(58)53(42(33)57)37-12-14-39(54)47-41(37)56)24-27-15-17-51(18-16-27)38-13-11-36(48-49-38)40(55)46-29-4-8-31(9-5-29)59-32-7-3-28(21-45)35(44)20-32/h3,6-7,10-11,13,19-20,25-27,29,31,37H,4-5,8-9,12,14-18,22-24H2,1-2H3,(H,46,55)(H,47,54,56). The van der Waals surface area contributed by atoms with E-state index in [4.69, 9.17) is 21.6 Å². The number of nitriles is 1. The summed E-state index contributed by atoms with van der Waals surface area (Å²) in [5.74, 6) is -0.303. The molecule has 0 radical (unpaired) electrons. The zero-order valence-electron chi connectivity index (χ0n) is 33.2. The van der Waals surface area contributed by atoms with Gasteiger partial charge in [0.2, 0.25) is 11.8 Å². The first-order valence-corrected chi connectivity index (χ1v) is 21.0. The van der Waals surface area contributed by atoms with Gasteiger partial charge in [0.05, 0.1) is 27.8 Å². The number of nitrogens with zero attached hydrogens (tertiary/aromatic N) is 7. The van der Waals surface area contributed by atoms with Gasteiger partial charge < -0.3 is 19.9 Å². The molecule has 59 heavy (non-hydrogen) atoms. The van der Waals surface area contributed by atoms with Crippen molar-refractivity contribution in [2.45, 2.75) is 95.5 Å². The van der Waals surface area contributed by atoms with Gasteiger partial charge in [-0.05, 0) is 107 Å². The van der Waals surface area contributed by atoms with Crippen LogP contribution < -0.4 is 25.2 Å². The summed E-state index contributed by atoms with van der Waals surface area (Å²) in [5.41, 5.74) is 2.16. The Morgan fingerprint density at radius 3 is 2.29 bits per heavy atom. The highest BCUT2D eigenvalue weighted by Gasteiger charge is 2.45. The molecule has 1 saturated carbocycles. The van der Waals surface area contributed by atoms with Crippen molar-refractivity contribution in [1.29, 1.82) is 5.26 Å². The van der Waals surface area contributed by atoms with Gasteiger partial charge in [-0.15, -0.1) is 10.2 Å². The molecule has 16 heteroatoms. The van der Waals surface area contributed by atoms with Crippen LogP contribution in [-0.2, 0) is 9.59 Å². The Balaban J connectivity index is 0.781. The van der Waals surface area contributed by atoms with Crippen molar-refractivity contribution in [2.24, 2.45) is 5.92 Å². The number of aromatic nitrogens is 2. The molecule has 3 aromatic rings. The maximum atomic E-state index is 13.5. The Morgan fingerprint density at radius 1 is 0.898 bits per heavy atom. The molecule has 15 nitrogen and oxygen atoms in total. The monoisotopic (exact) mass is 821 g/mol. The summed E-state index contributed by atoms with van der Waals surface area (Å²) in [6.45, 7) is 8.77. The number of ether oxygens (including phenoxy) is 1. The Kier molecular flexibility index (Phi) is 11.5. The molecule has 0 spiro atoms. The quantitative estimate of drug-likeness (QED) is 0.292. The Bertz CT molecular complexity index is 2170. The molecular formula is C43H48ClN9O6. The van der Waals surface area contributed by atoms with Crippen LogP contribution in [0.3, 0.4) is 0 Å². The summed E-state index contributed by atoms with van der Waals surface area (Å²) in [4.78, 5) is 72.0. The third kappa shape index (κ3) is 8.47. The third-order valence-corrected chi connectivity index (χ3v) is 12.7. The number of nitrogens with one attached hydrogen (secondary N) is 2. The molecule has 3 saturated heterocycles. The molecule has 5 aliphatic rings. The summed E-state index contributed by atoms with van der Waals surface area (Å²) in [7, 11) is 0. The van der Waals surface area contributed by atoms with Crippen LogP contribution in [0.4, 0.5) is 11.5 Å². The van der Waals surface area contributed by atoms with Crippen molar-refractivity contribution >= 4 is 52.6 Å². The number of carbonyl (C=O) groups is 5. The number of halogens is 1. The van der Waals surface area contributed by atoms with E-state index >= 15 is 0 Å². The van der Waals surface area contributed by atoms with Crippen molar-refractivity contribution in [1.82, 2.24) is 30.6 Å². The summed E-state index contributed by atoms with van der Waals surface area (Å²) in [5, 5.41) is 23.5. The maximum Gasteiger partial charge on any atom is 0.272 e. The number of benzene rings is 2. The number of rotatable bonds is 9. The molecule has 5 heterocycles. The van der Waals surface area contributed by atoms with Gasteiger partial charge in [0.25, 0.3) is 17.7 Å². The molecule has 1 aliphatic carbocycles. The first-order valence-electron chi connectivity index (χ1n) is 20.6. The van der Waals surface area contributed by atoms with Crippen LogP contribution >= 0.6 is 11.6 Å². The molecular weight excluding hydrogens is 774 g/mol. The minimum atomic E-state index is -0.988. The number of fused-ring (bicyclic) bond motifs is 1. The van der Waals surface area contributed by atoms with E-state index < -0.39 is 29.7 Å². The van der Waals surface area contributed by atoms with E-state index in [-0.39, 0.29) is 48.5 Å². The predicted octanol–water partition coefficient (Wildman–Crippen LogP) is 4.34. The first kappa shape index (κ1) is 40.2. The average molecular weight is 822 g/mol. The van der Waals surface area contributed by atoms with E-state index in [9.17, 15) is 24.0 Å². The Hall–Kier alpha value is -5.59. The number of hydrogen-bond donors (Lipinski definition) is 2. The molecule has 308 valence electrons. The Labute approximate surface area is 348 Å². The van der Waals surface area contributed by atoms with Gasteiger partial charge in [-0.2, -0.15) is 5.26 Å². The summed E-state index contributed by atoms with van der Waals surface area (Å²) >= 11 is 6.15. The summed E-state index contributed by atoms with van der Waals surface area (Å²) < 4.78 is 6.08. The fraction of sp³-hybridized carbons (Fsp3) is 0.488. The van der Waals surface area contributed by atoms with Gasteiger partial charge >= 0.3 is 0 Å². The lowest BCUT2D eigenvalue weighted by Crippen LogP contribution is -2.58. The van der Waals surface area contributed by atoms with Crippen LogP contribution in [0.2, 0.25) is 5.02 Å². The van der Waals surface area contributed by atoms with Crippen LogP contribution in [0.25, 0.3) is 0 Å². The molecule has 2 aromatic carbocycles. The highest BCUT2D eigenvalue weighted by molar-refractivity contribution is 6.31. The SMILES string of the molecule is CC1CN(CC2CCN(c3ccc(C(=O)NC4CCC(Oc5ccc(C#N)c(Cl)c5)CC4)nn3)CC2)CC(C)N1c1ccc2c(c1)C(=O)N(C1CCC(=O)NC1=O)C2=O. The predicted molar refractivity (Wildman–Crippen MR) is 218 cm³/mol. The zero-order chi connectivity index (χ0) is 41.4. The van der Waals surface area contributed by atoms with E-state index in [2.05, 4.69) is 55.4 Å². The normalized spacial score (nSPS) is 25.4. The smallest absolute Gasteiger partial charge is 0.272 e. The lowest BCUT2D eigenvalue weighted by atomic mass is 9.92. The zero-order valence-corrected chi connectivity index (χ0v) is 34.0. The fourth-order valence-corrected chi connectivity index (χ4v) is 9.68. The van der Waals surface area contributed by atoms with Gasteiger partial charge in [0, 0.05) is 69.0 Å². The number of imide groups is 2. The van der Waals surface area contributed by atoms with Crippen molar-refractivity contribution in [3.8, 4) is 11.8 Å². The molecule has 5 amide bonds. The van der Waals surface area contributed by atoms with Crippen LogP contribution in [0.5, 0.6) is 5.75 Å². The van der Waals surface area contributed by atoms with Gasteiger partial charge in [-0.25, -0.2) is 0 Å². The minimum Gasteiger partial charge on any atom is -0.490 e. The number of carbonyl (C=O) groups excluding carboxylic acids is 5.